The average molecular weight is 492 g/mol. The van der Waals surface area contributed by atoms with E-state index in [1.807, 2.05) is 35.2 Å². The molecule has 35 heavy (non-hydrogen) atoms. The van der Waals surface area contributed by atoms with E-state index >= 15 is 0 Å². The van der Waals surface area contributed by atoms with Crippen LogP contribution in [-0.2, 0) is 0 Å². The fourth-order valence-corrected chi connectivity index (χ4v) is 6.26. The molecule has 1 spiro atoms. The molecule has 2 aromatic carbocycles. The number of likely N-dealkylation sites (N-methyl/N-ethyl adjacent to an activating group) is 1. The van der Waals surface area contributed by atoms with Gasteiger partial charge >= 0.3 is 0 Å². The fourth-order valence-electron chi connectivity index (χ4n) is 6.05. The Labute approximate surface area is 213 Å². The molecule has 0 N–H and O–H groups in total. The average Bonchev–Trinajstić information content (AvgIpc) is 3.20. The van der Waals surface area contributed by atoms with Gasteiger partial charge in [0.2, 0.25) is 0 Å². The van der Waals surface area contributed by atoms with E-state index in [4.69, 9.17) is 11.6 Å². The first-order valence-corrected chi connectivity index (χ1v) is 13.0. The van der Waals surface area contributed by atoms with E-state index in [1.165, 1.54) is 12.1 Å². The Bertz CT molecular complexity index is 1110. The monoisotopic (exact) mass is 491 g/mol. The summed E-state index contributed by atoms with van der Waals surface area (Å²) in [7, 11) is 2.10. The van der Waals surface area contributed by atoms with Gasteiger partial charge in [-0.15, -0.1) is 0 Å². The standard InChI is InChI=1S/C28H34ClN5O/c1-21-18-28(20-34(21)25-8-5-23(19-30)26(29)17-25)9-11-32(12-10-28)24-6-3-22(4-7-24)27(35)33-15-13-31(2)14-16-33/h3-8,17,21H,9-16,18,20H2,1-2H3/t21-/m0/s1. The first-order valence-electron chi connectivity index (χ1n) is 12.7. The number of hydrogen-bond acceptors (Lipinski definition) is 5. The minimum Gasteiger partial charge on any atom is -0.371 e. The molecule has 3 aliphatic rings. The summed E-state index contributed by atoms with van der Waals surface area (Å²) in [6.07, 6.45) is 3.48. The van der Waals surface area contributed by atoms with Crippen molar-refractivity contribution in [2.24, 2.45) is 5.41 Å². The van der Waals surface area contributed by atoms with E-state index < -0.39 is 0 Å². The normalized spacial score (nSPS) is 22.5. The van der Waals surface area contributed by atoms with E-state index in [1.54, 1.807) is 0 Å². The number of hydrogen-bond donors (Lipinski definition) is 0. The number of anilines is 2. The van der Waals surface area contributed by atoms with Gasteiger partial charge in [0.05, 0.1) is 10.6 Å². The molecular formula is C28H34ClN5O. The van der Waals surface area contributed by atoms with Gasteiger partial charge in [-0.3, -0.25) is 4.79 Å². The van der Waals surface area contributed by atoms with Crippen molar-refractivity contribution in [2.75, 3.05) is 62.7 Å². The summed E-state index contributed by atoms with van der Waals surface area (Å²) in [6.45, 7) is 8.86. The van der Waals surface area contributed by atoms with Crippen LogP contribution in [0.4, 0.5) is 11.4 Å². The van der Waals surface area contributed by atoms with Crippen LogP contribution in [0.5, 0.6) is 0 Å². The zero-order valence-electron chi connectivity index (χ0n) is 20.7. The Hall–Kier alpha value is -2.75. The van der Waals surface area contributed by atoms with E-state index in [0.29, 0.717) is 22.0 Å². The third-order valence-electron chi connectivity index (χ3n) is 8.26. The van der Waals surface area contributed by atoms with E-state index in [2.05, 4.69) is 46.9 Å². The number of nitrogens with zero attached hydrogens (tertiary/aromatic N) is 5. The molecule has 184 valence electrons. The van der Waals surface area contributed by atoms with Crippen LogP contribution in [0, 0.1) is 16.7 Å². The lowest BCUT2D eigenvalue weighted by atomic mass is 9.76. The lowest BCUT2D eigenvalue weighted by Crippen LogP contribution is -2.47. The fraction of sp³-hybridized carbons (Fsp3) is 0.500. The van der Waals surface area contributed by atoms with Gasteiger partial charge in [0.1, 0.15) is 6.07 Å². The van der Waals surface area contributed by atoms with E-state index in [0.717, 1.165) is 69.9 Å². The lowest BCUT2D eigenvalue weighted by Gasteiger charge is -2.40. The zero-order valence-corrected chi connectivity index (χ0v) is 21.5. The Morgan fingerprint density at radius 2 is 1.66 bits per heavy atom. The summed E-state index contributed by atoms with van der Waals surface area (Å²) < 4.78 is 0. The molecule has 3 heterocycles. The summed E-state index contributed by atoms with van der Waals surface area (Å²) in [6, 6.07) is 16.6. The smallest absolute Gasteiger partial charge is 0.253 e. The molecule has 3 saturated heterocycles. The van der Waals surface area contributed by atoms with Gasteiger partial charge in [-0.05, 0) is 81.1 Å². The molecule has 0 bridgehead atoms. The van der Waals surface area contributed by atoms with Crippen molar-refractivity contribution in [3.8, 4) is 6.07 Å². The molecule has 7 heteroatoms. The first kappa shape index (κ1) is 24.0. The predicted molar refractivity (Wildman–Crippen MR) is 141 cm³/mol. The van der Waals surface area contributed by atoms with Crippen LogP contribution in [0.2, 0.25) is 5.02 Å². The Morgan fingerprint density at radius 3 is 2.29 bits per heavy atom. The maximum Gasteiger partial charge on any atom is 0.253 e. The second kappa shape index (κ2) is 9.72. The highest BCUT2D eigenvalue weighted by molar-refractivity contribution is 6.32. The quantitative estimate of drug-likeness (QED) is 0.633. The Kier molecular flexibility index (Phi) is 6.65. The zero-order chi connectivity index (χ0) is 24.6. The SMILES string of the molecule is C[C@H]1CC2(CCN(c3ccc(C(=O)N4CCN(C)CC4)cc3)CC2)CN1c1ccc(C#N)c(Cl)c1. The van der Waals surface area contributed by atoms with E-state index in [9.17, 15) is 10.1 Å². The molecule has 0 radical (unpaired) electrons. The molecule has 0 aromatic heterocycles. The number of carbonyl (C=O) groups is 1. The molecular weight excluding hydrogens is 458 g/mol. The number of piperazine rings is 1. The maximum absolute atomic E-state index is 12.9. The van der Waals surface area contributed by atoms with Crippen molar-refractivity contribution >= 4 is 28.9 Å². The van der Waals surface area contributed by atoms with Gasteiger partial charge < -0.3 is 19.6 Å². The predicted octanol–water partition coefficient (Wildman–Crippen LogP) is 4.48. The maximum atomic E-state index is 12.9. The highest BCUT2D eigenvalue weighted by atomic mass is 35.5. The topological polar surface area (TPSA) is 53.8 Å². The second-order valence-electron chi connectivity index (χ2n) is 10.6. The van der Waals surface area contributed by atoms with Gasteiger partial charge in [0.25, 0.3) is 5.91 Å². The van der Waals surface area contributed by atoms with Gasteiger partial charge in [-0.1, -0.05) is 11.6 Å². The number of piperidine rings is 1. The highest BCUT2D eigenvalue weighted by Crippen LogP contribution is 2.45. The Balaban J connectivity index is 1.20. The van der Waals surface area contributed by atoms with Crippen LogP contribution in [0.1, 0.15) is 42.1 Å². The summed E-state index contributed by atoms with van der Waals surface area (Å²) in [4.78, 5) is 22.0. The molecule has 6 nitrogen and oxygen atoms in total. The van der Waals surface area contributed by atoms with Crippen molar-refractivity contribution in [3.63, 3.8) is 0 Å². The van der Waals surface area contributed by atoms with Crippen molar-refractivity contribution in [3.05, 3.63) is 58.6 Å². The number of rotatable bonds is 3. The molecule has 3 fully saturated rings. The van der Waals surface area contributed by atoms with Crippen LogP contribution in [0.25, 0.3) is 0 Å². The third-order valence-corrected chi connectivity index (χ3v) is 8.58. The van der Waals surface area contributed by atoms with Crippen LogP contribution < -0.4 is 9.80 Å². The summed E-state index contributed by atoms with van der Waals surface area (Å²) in [5, 5.41) is 9.71. The molecule has 0 saturated carbocycles. The van der Waals surface area contributed by atoms with Gasteiger partial charge in [-0.2, -0.15) is 5.26 Å². The third kappa shape index (κ3) is 4.85. The number of benzene rings is 2. The summed E-state index contributed by atoms with van der Waals surface area (Å²) >= 11 is 6.32. The summed E-state index contributed by atoms with van der Waals surface area (Å²) in [5.41, 5.74) is 3.95. The summed E-state index contributed by atoms with van der Waals surface area (Å²) in [5.74, 6) is 0.144. The molecule has 2 aromatic rings. The second-order valence-corrected chi connectivity index (χ2v) is 11.0. The molecule has 0 aliphatic carbocycles. The highest BCUT2D eigenvalue weighted by Gasteiger charge is 2.44. The lowest BCUT2D eigenvalue weighted by molar-refractivity contribution is 0.0664. The largest absolute Gasteiger partial charge is 0.371 e. The van der Waals surface area contributed by atoms with Crippen molar-refractivity contribution < 1.29 is 4.79 Å². The molecule has 1 amide bonds. The van der Waals surface area contributed by atoms with Gasteiger partial charge in [0, 0.05) is 68.8 Å². The van der Waals surface area contributed by atoms with Crippen molar-refractivity contribution in [2.45, 2.75) is 32.2 Å². The number of halogens is 1. The van der Waals surface area contributed by atoms with Crippen molar-refractivity contribution in [1.82, 2.24) is 9.80 Å². The number of carbonyl (C=O) groups excluding carboxylic acids is 1. The minimum atomic E-state index is 0.144. The number of nitriles is 1. The minimum absolute atomic E-state index is 0.144. The van der Waals surface area contributed by atoms with Crippen LogP contribution in [0.15, 0.2) is 42.5 Å². The molecule has 3 aliphatic heterocycles. The van der Waals surface area contributed by atoms with Gasteiger partial charge in [0.15, 0.2) is 0 Å². The van der Waals surface area contributed by atoms with Crippen LogP contribution in [0.3, 0.4) is 0 Å². The number of amides is 1. The molecule has 5 rings (SSSR count). The van der Waals surface area contributed by atoms with Crippen LogP contribution in [-0.4, -0.2) is 74.6 Å². The van der Waals surface area contributed by atoms with Crippen molar-refractivity contribution in [1.29, 1.82) is 5.26 Å². The Morgan fingerprint density at radius 1 is 1.00 bits per heavy atom. The first-order chi connectivity index (χ1) is 16.9. The van der Waals surface area contributed by atoms with Gasteiger partial charge in [-0.25, -0.2) is 0 Å². The van der Waals surface area contributed by atoms with Crippen LogP contribution >= 0.6 is 11.6 Å². The van der Waals surface area contributed by atoms with E-state index in [-0.39, 0.29) is 5.91 Å². The molecule has 1 atom stereocenters. The molecule has 0 unspecified atom stereocenters.